The van der Waals surface area contributed by atoms with E-state index >= 15 is 0 Å². The first-order valence-corrected chi connectivity index (χ1v) is 8.22. The molecule has 1 amide bonds. The van der Waals surface area contributed by atoms with Crippen molar-refractivity contribution in [3.05, 3.63) is 28.8 Å². The molecule has 5 heteroatoms. The Hall–Kier alpha value is -2.04. The first-order chi connectivity index (χ1) is 11.0. The molecule has 0 radical (unpaired) electrons. The van der Waals surface area contributed by atoms with Crippen LogP contribution in [0, 0.1) is 13.8 Å². The molecule has 0 fully saturated rings. The lowest BCUT2D eigenvalue weighted by Gasteiger charge is -2.11. The lowest BCUT2D eigenvalue weighted by molar-refractivity contribution is -0.137. The van der Waals surface area contributed by atoms with E-state index in [2.05, 4.69) is 5.32 Å². The monoisotopic (exact) mass is 319 g/mol. The molecular weight excluding hydrogens is 294 g/mol. The highest BCUT2D eigenvalue weighted by Crippen LogP contribution is 2.36. The Balaban J connectivity index is 1.74. The quantitative estimate of drug-likeness (QED) is 0.722. The SMILES string of the molecule is Cc1cc2c(cc1C)C(C(=O)NCCCCCCC(=O)O)CO2. The van der Waals surface area contributed by atoms with Gasteiger partial charge in [0.05, 0.1) is 0 Å². The van der Waals surface area contributed by atoms with Crippen molar-refractivity contribution in [2.24, 2.45) is 0 Å². The van der Waals surface area contributed by atoms with Crippen LogP contribution in [0.25, 0.3) is 0 Å². The first-order valence-electron chi connectivity index (χ1n) is 8.22. The van der Waals surface area contributed by atoms with Gasteiger partial charge in [-0.05, 0) is 43.9 Å². The predicted molar refractivity (Wildman–Crippen MR) is 87.9 cm³/mol. The van der Waals surface area contributed by atoms with Crippen molar-refractivity contribution < 1.29 is 19.4 Å². The highest BCUT2D eigenvalue weighted by molar-refractivity contribution is 5.85. The van der Waals surface area contributed by atoms with Crippen LogP contribution in [-0.2, 0) is 9.59 Å². The molecule has 2 rings (SSSR count). The van der Waals surface area contributed by atoms with Crippen LogP contribution in [0.3, 0.4) is 0 Å². The standard InChI is InChI=1S/C18H25NO4/c1-12-9-14-15(11-23-16(14)10-13(12)2)18(22)19-8-6-4-3-5-7-17(20)21/h9-10,15H,3-8,11H2,1-2H3,(H,19,22)(H,20,21). The first kappa shape index (κ1) is 17.3. The Morgan fingerprint density at radius 1 is 1.17 bits per heavy atom. The number of amides is 1. The maximum Gasteiger partial charge on any atom is 0.303 e. The number of rotatable bonds is 8. The molecule has 1 aliphatic heterocycles. The number of aryl methyl sites for hydroxylation is 2. The van der Waals surface area contributed by atoms with Gasteiger partial charge in [0.25, 0.3) is 0 Å². The summed E-state index contributed by atoms with van der Waals surface area (Å²) in [6.45, 7) is 5.11. The van der Waals surface area contributed by atoms with Crippen LogP contribution in [0.15, 0.2) is 12.1 Å². The summed E-state index contributed by atoms with van der Waals surface area (Å²) in [4.78, 5) is 22.7. The zero-order valence-electron chi connectivity index (χ0n) is 13.9. The molecule has 5 nitrogen and oxygen atoms in total. The largest absolute Gasteiger partial charge is 0.492 e. The van der Waals surface area contributed by atoms with Gasteiger partial charge in [0.1, 0.15) is 18.3 Å². The smallest absolute Gasteiger partial charge is 0.303 e. The van der Waals surface area contributed by atoms with Gasteiger partial charge in [0.15, 0.2) is 0 Å². The molecule has 0 aromatic heterocycles. The van der Waals surface area contributed by atoms with Crippen LogP contribution in [-0.4, -0.2) is 30.1 Å². The van der Waals surface area contributed by atoms with Gasteiger partial charge in [0.2, 0.25) is 5.91 Å². The Morgan fingerprint density at radius 3 is 2.61 bits per heavy atom. The molecule has 1 aromatic rings. The third-order valence-electron chi connectivity index (χ3n) is 4.34. The average Bonchev–Trinajstić information content (AvgIpc) is 2.89. The second-order valence-electron chi connectivity index (χ2n) is 6.19. The molecule has 1 atom stereocenters. The van der Waals surface area contributed by atoms with Gasteiger partial charge in [-0.1, -0.05) is 18.9 Å². The molecular formula is C18H25NO4. The van der Waals surface area contributed by atoms with Crippen LogP contribution >= 0.6 is 0 Å². The summed E-state index contributed by atoms with van der Waals surface area (Å²) in [6.07, 6.45) is 3.62. The van der Waals surface area contributed by atoms with Crippen molar-refractivity contribution in [1.82, 2.24) is 5.32 Å². The number of carboxylic acid groups (broad SMARTS) is 1. The summed E-state index contributed by atoms with van der Waals surface area (Å²) < 4.78 is 5.63. The maximum absolute atomic E-state index is 12.3. The summed E-state index contributed by atoms with van der Waals surface area (Å²) >= 11 is 0. The molecule has 2 N–H and O–H groups in total. The van der Waals surface area contributed by atoms with Crippen molar-refractivity contribution in [3.63, 3.8) is 0 Å². The highest BCUT2D eigenvalue weighted by Gasteiger charge is 2.30. The third kappa shape index (κ3) is 4.71. The van der Waals surface area contributed by atoms with Crippen LogP contribution in [0.4, 0.5) is 0 Å². The number of nitrogens with one attached hydrogen (secondary N) is 1. The molecule has 0 bridgehead atoms. The number of hydrogen-bond acceptors (Lipinski definition) is 3. The lowest BCUT2D eigenvalue weighted by atomic mass is 9.96. The minimum absolute atomic E-state index is 0.0116. The van der Waals surface area contributed by atoms with Crippen molar-refractivity contribution in [2.75, 3.05) is 13.2 Å². The van der Waals surface area contributed by atoms with E-state index < -0.39 is 5.97 Å². The Kier molecular flexibility index (Phi) is 6.02. The minimum atomic E-state index is -0.747. The van der Waals surface area contributed by atoms with Crippen molar-refractivity contribution in [1.29, 1.82) is 0 Å². The number of hydrogen-bond donors (Lipinski definition) is 2. The van der Waals surface area contributed by atoms with E-state index in [9.17, 15) is 9.59 Å². The average molecular weight is 319 g/mol. The van der Waals surface area contributed by atoms with Gasteiger partial charge >= 0.3 is 5.97 Å². The number of ether oxygens (including phenoxy) is 1. The fourth-order valence-corrected chi connectivity index (χ4v) is 2.78. The van der Waals surface area contributed by atoms with E-state index in [0.717, 1.165) is 30.6 Å². The summed E-state index contributed by atoms with van der Waals surface area (Å²) in [7, 11) is 0. The second-order valence-corrected chi connectivity index (χ2v) is 6.19. The summed E-state index contributed by atoms with van der Waals surface area (Å²) in [5.41, 5.74) is 3.32. The molecule has 0 spiro atoms. The number of carboxylic acids is 1. The van der Waals surface area contributed by atoms with Gasteiger partial charge in [-0.25, -0.2) is 0 Å². The molecule has 23 heavy (non-hydrogen) atoms. The van der Waals surface area contributed by atoms with Gasteiger partial charge < -0.3 is 15.2 Å². The van der Waals surface area contributed by atoms with Crippen molar-refractivity contribution >= 4 is 11.9 Å². The Labute approximate surface area is 137 Å². The predicted octanol–water partition coefficient (Wildman–Crippen LogP) is 2.93. The number of carbonyl (C=O) groups is 2. The van der Waals surface area contributed by atoms with Gasteiger partial charge in [-0.3, -0.25) is 9.59 Å². The van der Waals surface area contributed by atoms with Gasteiger partial charge in [0, 0.05) is 18.5 Å². The minimum Gasteiger partial charge on any atom is -0.492 e. The number of unbranched alkanes of at least 4 members (excludes halogenated alkanes) is 3. The van der Waals surface area contributed by atoms with Crippen LogP contribution < -0.4 is 10.1 Å². The zero-order valence-corrected chi connectivity index (χ0v) is 13.9. The van der Waals surface area contributed by atoms with Crippen molar-refractivity contribution in [3.8, 4) is 5.75 Å². The zero-order chi connectivity index (χ0) is 16.8. The van der Waals surface area contributed by atoms with E-state index in [1.165, 1.54) is 11.1 Å². The molecule has 1 heterocycles. The molecule has 0 saturated heterocycles. The van der Waals surface area contributed by atoms with Crippen LogP contribution in [0.5, 0.6) is 5.75 Å². The lowest BCUT2D eigenvalue weighted by Crippen LogP contribution is -2.31. The highest BCUT2D eigenvalue weighted by atomic mass is 16.5. The number of fused-ring (bicyclic) bond motifs is 1. The second kappa shape index (κ2) is 7.99. The van der Waals surface area contributed by atoms with E-state index in [-0.39, 0.29) is 18.2 Å². The molecule has 0 saturated carbocycles. The van der Waals surface area contributed by atoms with Crippen LogP contribution in [0.2, 0.25) is 0 Å². The molecule has 1 unspecified atom stereocenters. The van der Waals surface area contributed by atoms with E-state index in [1.807, 2.05) is 26.0 Å². The third-order valence-corrected chi connectivity index (χ3v) is 4.34. The summed E-state index contributed by atoms with van der Waals surface area (Å²) in [5.74, 6) is -0.139. The fraction of sp³-hybridized carbons (Fsp3) is 0.556. The van der Waals surface area contributed by atoms with E-state index in [1.54, 1.807) is 0 Å². The Bertz CT molecular complexity index is 583. The summed E-state index contributed by atoms with van der Waals surface area (Å²) in [5, 5.41) is 11.5. The van der Waals surface area contributed by atoms with Crippen molar-refractivity contribution in [2.45, 2.75) is 51.9 Å². The maximum atomic E-state index is 12.3. The topological polar surface area (TPSA) is 75.6 Å². The molecule has 0 aliphatic carbocycles. The van der Waals surface area contributed by atoms with Gasteiger partial charge in [-0.15, -0.1) is 0 Å². The summed E-state index contributed by atoms with van der Waals surface area (Å²) in [6, 6.07) is 4.05. The normalized spacial score (nSPS) is 15.8. The molecule has 1 aromatic carbocycles. The van der Waals surface area contributed by atoms with E-state index in [4.69, 9.17) is 9.84 Å². The molecule has 126 valence electrons. The number of aliphatic carboxylic acids is 1. The van der Waals surface area contributed by atoms with Crippen LogP contribution in [0.1, 0.15) is 54.7 Å². The van der Waals surface area contributed by atoms with E-state index in [0.29, 0.717) is 19.6 Å². The number of benzene rings is 1. The Morgan fingerprint density at radius 2 is 1.87 bits per heavy atom. The number of carbonyl (C=O) groups excluding carboxylic acids is 1. The molecule has 1 aliphatic rings. The fourth-order valence-electron chi connectivity index (χ4n) is 2.78. The van der Waals surface area contributed by atoms with Gasteiger partial charge in [-0.2, -0.15) is 0 Å².